The Kier molecular flexibility index (Phi) is 3.54. The molecule has 2 rings (SSSR count). The monoisotopic (exact) mass is 294 g/mol. The molecule has 0 atom stereocenters. The van der Waals surface area contributed by atoms with Crippen LogP contribution < -0.4 is 0 Å². The number of hydrogen-bond donors (Lipinski definition) is 0. The molecule has 0 spiro atoms. The van der Waals surface area contributed by atoms with Gasteiger partial charge in [0.25, 0.3) is 0 Å². The molecule has 21 heavy (non-hydrogen) atoms. The van der Waals surface area contributed by atoms with E-state index in [1.54, 1.807) is 13.8 Å². The maximum Gasteiger partial charge on any atom is 0.494 e. The molecule has 0 aromatic carbocycles. The van der Waals surface area contributed by atoms with Crippen LogP contribution in [0.5, 0.6) is 0 Å². The number of esters is 1. The quantitative estimate of drug-likeness (QED) is 0.423. The van der Waals surface area contributed by atoms with Crippen LogP contribution in [0.15, 0.2) is 23.4 Å². The molecule has 5 nitrogen and oxygen atoms in total. The van der Waals surface area contributed by atoms with Crippen molar-refractivity contribution in [3.63, 3.8) is 0 Å². The molecule has 0 radical (unpaired) electrons. The van der Waals surface area contributed by atoms with E-state index >= 15 is 0 Å². The Morgan fingerprint density at radius 2 is 1.48 bits per heavy atom. The van der Waals surface area contributed by atoms with Gasteiger partial charge in [-0.05, 0) is 34.6 Å². The number of hydrogen-bond acceptors (Lipinski definition) is 5. The van der Waals surface area contributed by atoms with Crippen LogP contribution in [0.1, 0.15) is 48.5 Å². The summed E-state index contributed by atoms with van der Waals surface area (Å²) in [6.45, 7) is 16.8. The lowest BCUT2D eigenvalue weighted by Crippen LogP contribution is -2.41. The Hall–Kier alpha value is -1.27. The van der Waals surface area contributed by atoms with Gasteiger partial charge in [0.2, 0.25) is 5.79 Å². The van der Waals surface area contributed by atoms with Crippen molar-refractivity contribution in [3.05, 3.63) is 23.4 Å². The minimum absolute atomic E-state index is 0.182. The maximum atomic E-state index is 11.9. The Bertz CT molecular complexity index is 514. The molecule has 0 N–H and O–H groups in total. The zero-order chi connectivity index (χ0) is 16.2. The summed E-state index contributed by atoms with van der Waals surface area (Å²) in [5.41, 5.74) is -0.0401. The second kappa shape index (κ2) is 4.61. The van der Waals surface area contributed by atoms with Crippen LogP contribution in [0, 0.1) is 0 Å². The molecule has 0 unspecified atom stereocenters. The fourth-order valence-corrected chi connectivity index (χ4v) is 2.15. The van der Waals surface area contributed by atoms with Crippen LogP contribution in [0.25, 0.3) is 0 Å². The summed E-state index contributed by atoms with van der Waals surface area (Å²) in [6.07, 6.45) is 0. The molecule has 0 aromatic heterocycles. The highest BCUT2D eigenvalue weighted by atomic mass is 16.7. The molecule has 2 saturated heterocycles. The summed E-state index contributed by atoms with van der Waals surface area (Å²) in [5, 5.41) is 0. The predicted octanol–water partition coefficient (Wildman–Crippen LogP) is 2.76. The highest BCUT2D eigenvalue weighted by Gasteiger charge is 2.53. The van der Waals surface area contributed by atoms with E-state index in [9.17, 15) is 4.79 Å². The van der Waals surface area contributed by atoms with Gasteiger partial charge >= 0.3 is 13.1 Å². The van der Waals surface area contributed by atoms with E-state index < -0.39 is 30.1 Å². The van der Waals surface area contributed by atoms with Gasteiger partial charge < -0.3 is 18.8 Å². The first-order chi connectivity index (χ1) is 9.36. The molecular formula is C15H23BO5. The van der Waals surface area contributed by atoms with Crippen LogP contribution in [0.3, 0.4) is 0 Å². The van der Waals surface area contributed by atoms with Crippen molar-refractivity contribution < 1.29 is 23.6 Å². The summed E-state index contributed by atoms with van der Waals surface area (Å²) in [6, 6.07) is 0. The van der Waals surface area contributed by atoms with Crippen molar-refractivity contribution in [2.24, 2.45) is 0 Å². The number of cyclic esters (lactones) is 1. The fourth-order valence-electron chi connectivity index (χ4n) is 2.15. The normalized spacial score (nSPS) is 29.0. The van der Waals surface area contributed by atoms with Gasteiger partial charge in [0.05, 0.1) is 16.8 Å². The summed E-state index contributed by atoms with van der Waals surface area (Å²) in [7, 11) is -0.580. The topological polar surface area (TPSA) is 54.0 Å². The first-order valence-electron chi connectivity index (χ1n) is 7.04. The average Bonchev–Trinajstić information content (AvgIpc) is 2.52. The zero-order valence-electron chi connectivity index (χ0n) is 13.8. The molecule has 116 valence electrons. The smallest absolute Gasteiger partial charge is 0.453 e. The molecule has 0 bridgehead atoms. The van der Waals surface area contributed by atoms with Crippen LogP contribution in [-0.4, -0.2) is 30.1 Å². The van der Waals surface area contributed by atoms with E-state index in [1.165, 1.54) is 0 Å². The van der Waals surface area contributed by atoms with Gasteiger partial charge in [0.1, 0.15) is 5.76 Å². The summed E-state index contributed by atoms with van der Waals surface area (Å²) >= 11 is 0. The maximum absolute atomic E-state index is 11.9. The second-order valence-electron chi connectivity index (χ2n) is 6.97. The third-order valence-electron chi connectivity index (χ3n) is 4.17. The van der Waals surface area contributed by atoms with Crippen molar-refractivity contribution in [1.29, 1.82) is 0 Å². The zero-order valence-corrected chi connectivity index (χ0v) is 13.8. The van der Waals surface area contributed by atoms with Crippen molar-refractivity contribution in [1.82, 2.24) is 0 Å². The van der Waals surface area contributed by atoms with Crippen LogP contribution in [0.2, 0.25) is 0 Å². The van der Waals surface area contributed by atoms with E-state index in [0.29, 0.717) is 11.2 Å². The van der Waals surface area contributed by atoms with E-state index in [-0.39, 0.29) is 5.57 Å². The third kappa shape index (κ3) is 2.74. The predicted molar refractivity (Wildman–Crippen MR) is 79.2 cm³/mol. The second-order valence-corrected chi connectivity index (χ2v) is 6.97. The number of rotatable bonds is 1. The van der Waals surface area contributed by atoms with Gasteiger partial charge in [-0.25, -0.2) is 4.79 Å². The van der Waals surface area contributed by atoms with Crippen LogP contribution in [-0.2, 0) is 23.6 Å². The molecule has 2 aliphatic heterocycles. The minimum atomic E-state index is -1.03. The summed E-state index contributed by atoms with van der Waals surface area (Å²) in [5.74, 6) is -1.13. The van der Waals surface area contributed by atoms with E-state index in [2.05, 4.69) is 6.58 Å². The molecule has 6 heteroatoms. The van der Waals surface area contributed by atoms with Crippen molar-refractivity contribution >= 4 is 13.1 Å². The van der Waals surface area contributed by atoms with Crippen molar-refractivity contribution in [2.75, 3.05) is 0 Å². The van der Waals surface area contributed by atoms with Gasteiger partial charge in [-0.3, -0.25) is 0 Å². The molecule has 0 aliphatic carbocycles. The van der Waals surface area contributed by atoms with Gasteiger partial charge in [-0.15, -0.1) is 0 Å². The minimum Gasteiger partial charge on any atom is -0.453 e. The molecule has 2 heterocycles. The van der Waals surface area contributed by atoms with Gasteiger partial charge in [-0.1, -0.05) is 6.58 Å². The standard InChI is InChI=1S/C15H23BO5/c1-9-11(18-15(7,8)19-12(9)17)10(2)16-20-13(3,4)14(5,6)21-16/h1H2,2-8H3. The Labute approximate surface area is 126 Å². The van der Waals surface area contributed by atoms with E-state index in [0.717, 1.165) is 0 Å². The average molecular weight is 294 g/mol. The molecule has 0 aromatic rings. The SMILES string of the molecule is C=C1C(=O)OC(C)(C)OC1=C(C)B1OC(C)(C)C(C)(C)O1. The van der Waals surface area contributed by atoms with Gasteiger partial charge in [0, 0.05) is 19.3 Å². The van der Waals surface area contributed by atoms with Crippen LogP contribution >= 0.6 is 0 Å². The van der Waals surface area contributed by atoms with Crippen LogP contribution in [0.4, 0.5) is 0 Å². The fraction of sp³-hybridized carbons (Fsp3) is 0.667. The Balaban J connectivity index is 2.36. The van der Waals surface area contributed by atoms with Crippen molar-refractivity contribution in [3.8, 4) is 0 Å². The first kappa shape index (κ1) is 16.1. The molecule has 2 aliphatic rings. The van der Waals surface area contributed by atoms with Gasteiger partial charge in [-0.2, -0.15) is 0 Å². The lowest BCUT2D eigenvalue weighted by atomic mass is 9.77. The third-order valence-corrected chi connectivity index (χ3v) is 4.17. The lowest BCUT2D eigenvalue weighted by Gasteiger charge is -2.34. The van der Waals surface area contributed by atoms with Gasteiger partial charge in [0.15, 0.2) is 0 Å². The first-order valence-corrected chi connectivity index (χ1v) is 7.04. The number of carbonyl (C=O) groups excluding carboxylic acids is 1. The molecular weight excluding hydrogens is 271 g/mol. The number of ether oxygens (including phenoxy) is 2. The number of allylic oxidation sites excluding steroid dienone is 1. The lowest BCUT2D eigenvalue weighted by molar-refractivity contribution is -0.208. The molecule has 2 fully saturated rings. The molecule has 0 saturated carbocycles. The highest BCUT2D eigenvalue weighted by Crippen LogP contribution is 2.40. The van der Waals surface area contributed by atoms with Crippen molar-refractivity contribution in [2.45, 2.75) is 65.5 Å². The Morgan fingerprint density at radius 3 is 1.95 bits per heavy atom. The summed E-state index contributed by atoms with van der Waals surface area (Å²) in [4.78, 5) is 11.9. The van der Waals surface area contributed by atoms with E-state index in [1.807, 2.05) is 34.6 Å². The summed E-state index contributed by atoms with van der Waals surface area (Å²) < 4.78 is 22.8. The number of carbonyl (C=O) groups is 1. The molecule has 0 amide bonds. The Morgan fingerprint density at radius 1 is 1.00 bits per heavy atom. The van der Waals surface area contributed by atoms with E-state index in [4.69, 9.17) is 18.8 Å². The highest BCUT2D eigenvalue weighted by molar-refractivity contribution is 6.54. The largest absolute Gasteiger partial charge is 0.494 e.